The van der Waals surface area contributed by atoms with E-state index in [-0.39, 0.29) is 5.91 Å². The Balaban J connectivity index is 1.41. The first-order valence-electron chi connectivity index (χ1n) is 11.3. The van der Waals surface area contributed by atoms with Gasteiger partial charge in [-0.05, 0) is 56.5 Å². The highest BCUT2D eigenvalue weighted by Gasteiger charge is 2.18. The molecule has 2 N–H and O–H groups in total. The Morgan fingerprint density at radius 2 is 1.91 bits per heavy atom. The number of H-pyrrole nitrogens is 1. The van der Waals surface area contributed by atoms with Gasteiger partial charge in [-0.25, -0.2) is 9.97 Å². The van der Waals surface area contributed by atoms with E-state index in [1.165, 1.54) is 24.9 Å². The molecular weight excluding hydrogens is 416 g/mol. The zero-order chi connectivity index (χ0) is 22.6. The summed E-state index contributed by atoms with van der Waals surface area (Å²) >= 11 is 0. The third-order valence-corrected chi connectivity index (χ3v) is 5.82. The number of fused-ring (bicyclic) bond motifs is 1. The minimum atomic E-state index is -0.296. The van der Waals surface area contributed by atoms with Crippen molar-refractivity contribution in [3.8, 4) is 17.1 Å². The van der Waals surface area contributed by atoms with Crippen molar-refractivity contribution in [1.29, 1.82) is 0 Å². The van der Waals surface area contributed by atoms with Gasteiger partial charge >= 0.3 is 0 Å². The minimum absolute atomic E-state index is 0.296. The quantitative estimate of drug-likeness (QED) is 0.451. The first-order chi connectivity index (χ1) is 16.2. The van der Waals surface area contributed by atoms with Crippen LogP contribution in [0.15, 0.2) is 55.0 Å². The minimum Gasteiger partial charge on any atom is -0.492 e. The van der Waals surface area contributed by atoms with E-state index < -0.39 is 0 Å². The zero-order valence-corrected chi connectivity index (χ0v) is 18.5. The topological polar surface area (TPSA) is 96.0 Å². The monoisotopic (exact) mass is 442 g/mol. The smallest absolute Gasteiger partial charge is 0.258 e. The van der Waals surface area contributed by atoms with Crippen LogP contribution in [0.25, 0.3) is 22.6 Å². The second-order valence-electron chi connectivity index (χ2n) is 7.99. The number of pyridine rings is 2. The van der Waals surface area contributed by atoms with Gasteiger partial charge in [0.25, 0.3) is 5.91 Å². The first kappa shape index (κ1) is 20.9. The lowest BCUT2D eigenvalue weighted by Crippen LogP contribution is -2.29. The maximum absolute atomic E-state index is 13.1. The number of carbonyl (C=O) groups excluding carboxylic acids is 1. The molecule has 1 aliphatic rings. The number of rotatable bonds is 6. The van der Waals surface area contributed by atoms with Crippen LogP contribution in [-0.2, 0) is 0 Å². The molecule has 8 nitrogen and oxygen atoms in total. The predicted octanol–water partition coefficient (Wildman–Crippen LogP) is 4.66. The summed E-state index contributed by atoms with van der Waals surface area (Å²) in [4.78, 5) is 31.9. The highest BCUT2D eigenvalue weighted by Crippen LogP contribution is 2.27. The summed E-state index contributed by atoms with van der Waals surface area (Å²) in [6, 6.07) is 11.8. The van der Waals surface area contributed by atoms with Gasteiger partial charge in [-0.15, -0.1) is 0 Å². The van der Waals surface area contributed by atoms with E-state index in [1.54, 1.807) is 30.7 Å². The summed E-state index contributed by atoms with van der Waals surface area (Å²) in [6.07, 6.45) is 8.60. The Hall–Kier alpha value is -3.94. The van der Waals surface area contributed by atoms with Crippen molar-refractivity contribution in [1.82, 2.24) is 19.9 Å². The molecule has 4 aromatic rings. The molecular formula is C25H26N6O2. The number of carbonyl (C=O) groups is 1. The van der Waals surface area contributed by atoms with E-state index >= 15 is 0 Å². The Bertz CT molecular complexity index is 1260. The number of ether oxygens (including phenoxy) is 1. The van der Waals surface area contributed by atoms with Crippen LogP contribution in [0.1, 0.15) is 36.5 Å². The molecule has 1 fully saturated rings. The largest absolute Gasteiger partial charge is 0.492 e. The molecule has 0 bridgehead atoms. The molecule has 0 radical (unpaired) electrons. The lowest BCUT2D eigenvalue weighted by molar-refractivity contribution is 0.102. The van der Waals surface area contributed by atoms with Crippen molar-refractivity contribution >= 4 is 28.4 Å². The summed E-state index contributed by atoms with van der Waals surface area (Å²) in [5, 5.41) is 2.88. The number of imidazole rings is 1. The molecule has 33 heavy (non-hydrogen) atoms. The van der Waals surface area contributed by atoms with Crippen molar-refractivity contribution < 1.29 is 9.53 Å². The number of aromatic amines is 1. The molecule has 5 rings (SSSR count). The molecule has 0 unspecified atom stereocenters. The lowest BCUT2D eigenvalue weighted by Gasteiger charge is -2.28. The average molecular weight is 443 g/mol. The number of hydrogen-bond donors (Lipinski definition) is 2. The molecule has 0 atom stereocenters. The van der Waals surface area contributed by atoms with Crippen LogP contribution in [0.5, 0.6) is 5.75 Å². The number of amides is 1. The molecule has 3 aromatic heterocycles. The Morgan fingerprint density at radius 1 is 1.09 bits per heavy atom. The van der Waals surface area contributed by atoms with Gasteiger partial charge in [-0.1, -0.05) is 0 Å². The molecule has 0 aliphatic carbocycles. The highest BCUT2D eigenvalue weighted by molar-refractivity contribution is 6.11. The van der Waals surface area contributed by atoms with Crippen molar-refractivity contribution in [3.63, 3.8) is 0 Å². The van der Waals surface area contributed by atoms with Gasteiger partial charge in [0.2, 0.25) is 0 Å². The fourth-order valence-electron chi connectivity index (χ4n) is 4.16. The molecule has 1 aromatic carbocycles. The number of anilines is 2. The van der Waals surface area contributed by atoms with Crippen LogP contribution in [0.4, 0.5) is 11.4 Å². The Kier molecular flexibility index (Phi) is 5.89. The van der Waals surface area contributed by atoms with Gasteiger partial charge in [0, 0.05) is 42.8 Å². The van der Waals surface area contributed by atoms with E-state index in [9.17, 15) is 4.79 Å². The van der Waals surface area contributed by atoms with Gasteiger partial charge in [-0.3, -0.25) is 9.78 Å². The van der Waals surface area contributed by atoms with Gasteiger partial charge in [-0.2, -0.15) is 0 Å². The number of nitrogens with one attached hydrogen (secondary N) is 2. The van der Waals surface area contributed by atoms with E-state index in [4.69, 9.17) is 9.72 Å². The van der Waals surface area contributed by atoms with Gasteiger partial charge in [0.1, 0.15) is 22.8 Å². The Labute approximate surface area is 192 Å². The molecule has 4 heterocycles. The van der Waals surface area contributed by atoms with Crippen LogP contribution < -0.4 is 15.0 Å². The first-order valence-corrected chi connectivity index (χ1v) is 11.3. The van der Waals surface area contributed by atoms with E-state index in [0.717, 1.165) is 18.7 Å². The number of aromatic nitrogens is 4. The van der Waals surface area contributed by atoms with Crippen molar-refractivity contribution in [2.24, 2.45) is 0 Å². The number of hydrogen-bond acceptors (Lipinski definition) is 6. The third kappa shape index (κ3) is 4.37. The predicted molar refractivity (Wildman–Crippen MR) is 129 cm³/mol. The van der Waals surface area contributed by atoms with Crippen LogP contribution in [0.2, 0.25) is 0 Å². The molecule has 1 amide bonds. The molecule has 0 saturated carbocycles. The third-order valence-electron chi connectivity index (χ3n) is 5.82. The SMILES string of the molecule is CCOc1ccncc1NC(=O)c1ccnc2[nH]c(-c3ccc(N4CCCCC4)cc3)nc12. The van der Waals surface area contributed by atoms with Crippen LogP contribution in [0.3, 0.4) is 0 Å². The second-order valence-corrected chi connectivity index (χ2v) is 7.99. The van der Waals surface area contributed by atoms with Gasteiger partial charge in [0.15, 0.2) is 5.65 Å². The lowest BCUT2D eigenvalue weighted by atomic mass is 10.1. The highest BCUT2D eigenvalue weighted by atomic mass is 16.5. The molecule has 0 spiro atoms. The normalized spacial score (nSPS) is 13.8. The maximum Gasteiger partial charge on any atom is 0.258 e. The second kappa shape index (κ2) is 9.28. The maximum atomic E-state index is 13.1. The van der Waals surface area contributed by atoms with Gasteiger partial charge < -0.3 is 19.9 Å². The van der Waals surface area contributed by atoms with Crippen LogP contribution >= 0.6 is 0 Å². The Morgan fingerprint density at radius 3 is 2.70 bits per heavy atom. The fourth-order valence-corrected chi connectivity index (χ4v) is 4.16. The van der Waals surface area contributed by atoms with Crippen molar-refractivity contribution in [2.45, 2.75) is 26.2 Å². The number of piperidine rings is 1. The van der Waals surface area contributed by atoms with Crippen LogP contribution in [-0.4, -0.2) is 45.5 Å². The number of nitrogens with zero attached hydrogens (tertiary/aromatic N) is 4. The van der Waals surface area contributed by atoms with Crippen molar-refractivity contribution in [2.75, 3.05) is 29.9 Å². The van der Waals surface area contributed by atoms with E-state index in [2.05, 4.69) is 49.4 Å². The molecule has 168 valence electrons. The van der Waals surface area contributed by atoms with Gasteiger partial charge in [0.05, 0.1) is 18.4 Å². The van der Waals surface area contributed by atoms with Crippen molar-refractivity contribution in [3.05, 3.63) is 60.6 Å². The summed E-state index contributed by atoms with van der Waals surface area (Å²) < 4.78 is 5.58. The standard InChI is InChI=1S/C25H26N6O2/c1-2-33-21-11-12-26-16-20(21)28-25(32)19-10-13-27-24-22(19)29-23(30-24)17-6-8-18(9-7-17)31-14-4-3-5-15-31/h6-13,16H,2-5,14-15H2,1H3,(H,28,32)(H,27,29,30). The average Bonchev–Trinajstić information content (AvgIpc) is 3.30. The zero-order valence-electron chi connectivity index (χ0n) is 18.5. The summed E-state index contributed by atoms with van der Waals surface area (Å²) in [5.74, 6) is 0.955. The summed E-state index contributed by atoms with van der Waals surface area (Å²) in [5.41, 5.74) is 4.21. The number of benzene rings is 1. The summed E-state index contributed by atoms with van der Waals surface area (Å²) in [7, 11) is 0. The van der Waals surface area contributed by atoms with Crippen LogP contribution in [0, 0.1) is 0 Å². The van der Waals surface area contributed by atoms with E-state index in [1.807, 2.05) is 6.92 Å². The van der Waals surface area contributed by atoms with E-state index in [0.29, 0.717) is 40.6 Å². The molecule has 1 saturated heterocycles. The molecule has 8 heteroatoms. The fraction of sp³-hybridized carbons (Fsp3) is 0.280. The summed E-state index contributed by atoms with van der Waals surface area (Å²) in [6.45, 7) is 4.59. The molecule has 1 aliphatic heterocycles.